The van der Waals surface area contributed by atoms with Crippen molar-refractivity contribution in [2.24, 2.45) is 0 Å². The summed E-state index contributed by atoms with van der Waals surface area (Å²) in [6, 6.07) is 44.4. The molecule has 0 fully saturated rings. The van der Waals surface area contributed by atoms with E-state index in [1.165, 1.54) is 4.90 Å². The number of amides is 2. The minimum absolute atomic E-state index is 0.299. The third kappa shape index (κ3) is 6.10. The van der Waals surface area contributed by atoms with Crippen LogP contribution in [0.1, 0.15) is 39.1 Å². The number of carbonyl (C=O) groups excluding carboxylic acids is 2. The molecule has 1 heterocycles. The Hall–Kier alpha value is -5.26. The van der Waals surface area contributed by atoms with Gasteiger partial charge in [0.1, 0.15) is 6.04 Å². The lowest BCUT2D eigenvalue weighted by atomic mass is 9.96. The SMILES string of the molecule is CN(C(=O)c1cc(-c2ccccc2)nc2ccccc12)C(C(=O)NC(c1ccccc1)c1ccccc1)c1ccc(Cl)cc1. The molecule has 44 heavy (non-hydrogen) atoms. The number of para-hydroxylation sites is 1. The molecular weight excluding hydrogens is 566 g/mol. The molecule has 2 amide bonds. The second-order valence-electron chi connectivity index (χ2n) is 10.6. The van der Waals surface area contributed by atoms with Crippen molar-refractivity contribution in [2.75, 3.05) is 7.05 Å². The van der Waals surface area contributed by atoms with Gasteiger partial charge in [0, 0.05) is 23.0 Å². The fourth-order valence-electron chi connectivity index (χ4n) is 5.48. The molecule has 0 aliphatic heterocycles. The van der Waals surface area contributed by atoms with E-state index in [9.17, 15) is 9.59 Å². The number of benzene rings is 5. The van der Waals surface area contributed by atoms with Crippen LogP contribution in [-0.4, -0.2) is 28.7 Å². The number of pyridine rings is 1. The molecule has 0 saturated heterocycles. The lowest BCUT2D eigenvalue weighted by Gasteiger charge is -2.30. The summed E-state index contributed by atoms with van der Waals surface area (Å²) >= 11 is 6.23. The molecule has 6 rings (SSSR count). The van der Waals surface area contributed by atoms with Crippen molar-refractivity contribution in [3.05, 3.63) is 173 Å². The van der Waals surface area contributed by atoms with E-state index in [1.807, 2.05) is 121 Å². The predicted molar refractivity (Wildman–Crippen MR) is 176 cm³/mol. The fourth-order valence-corrected chi connectivity index (χ4v) is 5.61. The van der Waals surface area contributed by atoms with Crippen molar-refractivity contribution < 1.29 is 9.59 Å². The lowest BCUT2D eigenvalue weighted by Crippen LogP contribution is -2.43. The van der Waals surface area contributed by atoms with Gasteiger partial charge in [-0.2, -0.15) is 0 Å². The predicted octanol–water partition coefficient (Wildman–Crippen LogP) is 8.27. The molecule has 1 aromatic heterocycles. The molecule has 0 bridgehead atoms. The maximum atomic E-state index is 14.4. The highest BCUT2D eigenvalue weighted by Gasteiger charge is 2.32. The summed E-state index contributed by atoms with van der Waals surface area (Å²) in [6.45, 7) is 0. The van der Waals surface area contributed by atoms with Crippen molar-refractivity contribution in [3.63, 3.8) is 0 Å². The molecule has 0 spiro atoms. The van der Waals surface area contributed by atoms with E-state index < -0.39 is 12.1 Å². The van der Waals surface area contributed by atoms with Gasteiger partial charge in [-0.1, -0.05) is 133 Å². The average molecular weight is 596 g/mol. The molecule has 6 heteroatoms. The average Bonchev–Trinajstić information content (AvgIpc) is 3.08. The molecule has 5 aromatic carbocycles. The van der Waals surface area contributed by atoms with Crippen LogP contribution in [0.5, 0.6) is 0 Å². The van der Waals surface area contributed by atoms with Crippen LogP contribution >= 0.6 is 11.6 Å². The van der Waals surface area contributed by atoms with Crippen LogP contribution in [0.2, 0.25) is 5.02 Å². The van der Waals surface area contributed by atoms with Crippen LogP contribution in [0, 0.1) is 0 Å². The molecule has 0 saturated carbocycles. The Morgan fingerprint density at radius 1 is 0.682 bits per heavy atom. The third-order valence-electron chi connectivity index (χ3n) is 7.71. The first-order valence-corrected chi connectivity index (χ1v) is 14.8. The fraction of sp³-hybridized carbons (Fsp3) is 0.0789. The van der Waals surface area contributed by atoms with E-state index in [0.717, 1.165) is 16.7 Å². The highest BCUT2D eigenvalue weighted by molar-refractivity contribution is 6.30. The summed E-state index contributed by atoms with van der Waals surface area (Å²) in [5.41, 5.74) is 5.26. The first kappa shape index (κ1) is 28.8. The van der Waals surface area contributed by atoms with E-state index in [2.05, 4.69) is 5.32 Å². The standard InChI is InChI=1S/C38H30ClN3O2/c1-42(38(44)32-25-34(26-13-5-2-6-14-26)40-33-20-12-11-19-31(32)33)36(29-21-23-30(39)24-22-29)37(43)41-35(27-15-7-3-8-16-27)28-17-9-4-10-18-28/h2-25,35-36H,1H3,(H,41,43). The van der Waals surface area contributed by atoms with E-state index >= 15 is 0 Å². The Kier molecular flexibility index (Phi) is 8.48. The zero-order chi connectivity index (χ0) is 30.5. The van der Waals surface area contributed by atoms with Gasteiger partial charge >= 0.3 is 0 Å². The van der Waals surface area contributed by atoms with Crippen molar-refractivity contribution in [1.29, 1.82) is 0 Å². The first-order chi connectivity index (χ1) is 21.5. The minimum atomic E-state index is -0.943. The maximum absolute atomic E-state index is 14.4. The molecule has 1 unspecified atom stereocenters. The first-order valence-electron chi connectivity index (χ1n) is 14.4. The summed E-state index contributed by atoms with van der Waals surface area (Å²) in [4.78, 5) is 35.2. The molecule has 1 N–H and O–H groups in total. The van der Waals surface area contributed by atoms with Crippen LogP contribution < -0.4 is 5.32 Å². The molecule has 6 aromatic rings. The van der Waals surface area contributed by atoms with Crippen molar-refractivity contribution in [2.45, 2.75) is 12.1 Å². The summed E-state index contributed by atoms with van der Waals surface area (Å²) < 4.78 is 0. The lowest BCUT2D eigenvalue weighted by molar-refractivity contribution is -0.126. The zero-order valence-electron chi connectivity index (χ0n) is 24.1. The van der Waals surface area contributed by atoms with Gasteiger partial charge in [0.05, 0.1) is 22.8 Å². The highest BCUT2D eigenvalue weighted by Crippen LogP contribution is 2.30. The number of likely N-dealkylation sites (N-methyl/N-ethyl adjacent to an activating group) is 1. The van der Waals surface area contributed by atoms with E-state index in [0.29, 0.717) is 32.7 Å². The van der Waals surface area contributed by atoms with Gasteiger partial charge in [0.25, 0.3) is 5.91 Å². The van der Waals surface area contributed by atoms with Gasteiger partial charge in [-0.15, -0.1) is 0 Å². The summed E-state index contributed by atoms with van der Waals surface area (Å²) in [5.74, 6) is -0.616. The Labute approximate surface area is 261 Å². The Morgan fingerprint density at radius 3 is 1.84 bits per heavy atom. The van der Waals surface area contributed by atoms with Crippen molar-refractivity contribution in [1.82, 2.24) is 15.2 Å². The Balaban J connectivity index is 1.42. The highest BCUT2D eigenvalue weighted by atomic mass is 35.5. The summed E-state index contributed by atoms with van der Waals surface area (Å²) in [5, 5.41) is 4.50. The third-order valence-corrected chi connectivity index (χ3v) is 7.96. The van der Waals surface area contributed by atoms with Gasteiger partial charge < -0.3 is 10.2 Å². The molecular formula is C38H30ClN3O2. The number of aromatic nitrogens is 1. The molecule has 0 radical (unpaired) electrons. The molecule has 0 aliphatic rings. The minimum Gasteiger partial charge on any atom is -0.343 e. The molecule has 5 nitrogen and oxygen atoms in total. The molecule has 216 valence electrons. The van der Waals surface area contributed by atoms with E-state index in [-0.39, 0.29) is 11.8 Å². The van der Waals surface area contributed by atoms with E-state index in [4.69, 9.17) is 16.6 Å². The zero-order valence-corrected chi connectivity index (χ0v) is 24.9. The van der Waals surface area contributed by atoms with Gasteiger partial charge in [0.2, 0.25) is 5.91 Å². The number of rotatable bonds is 8. The van der Waals surface area contributed by atoms with E-state index in [1.54, 1.807) is 31.3 Å². The number of halogens is 1. The van der Waals surface area contributed by atoms with Crippen molar-refractivity contribution in [3.8, 4) is 11.3 Å². The van der Waals surface area contributed by atoms with Crippen molar-refractivity contribution >= 4 is 34.3 Å². The summed E-state index contributed by atoms with van der Waals surface area (Å²) in [7, 11) is 1.67. The number of nitrogens with one attached hydrogen (secondary N) is 1. The van der Waals surface area contributed by atoms with Gasteiger partial charge in [-0.25, -0.2) is 4.98 Å². The van der Waals surface area contributed by atoms with Crippen LogP contribution in [-0.2, 0) is 4.79 Å². The number of fused-ring (bicyclic) bond motifs is 1. The largest absolute Gasteiger partial charge is 0.343 e. The Morgan fingerprint density at radius 2 is 1.23 bits per heavy atom. The second kappa shape index (κ2) is 12.9. The number of carbonyl (C=O) groups is 2. The number of nitrogens with zero attached hydrogens (tertiary/aromatic N) is 2. The van der Waals surface area contributed by atoms with Crippen LogP contribution in [0.4, 0.5) is 0 Å². The van der Waals surface area contributed by atoms with Crippen LogP contribution in [0.25, 0.3) is 22.2 Å². The molecule has 1 atom stereocenters. The van der Waals surface area contributed by atoms with Crippen LogP contribution in [0.3, 0.4) is 0 Å². The number of hydrogen-bond acceptors (Lipinski definition) is 3. The molecule has 0 aliphatic carbocycles. The topological polar surface area (TPSA) is 62.3 Å². The smallest absolute Gasteiger partial charge is 0.255 e. The monoisotopic (exact) mass is 595 g/mol. The quantitative estimate of drug-likeness (QED) is 0.193. The Bertz CT molecular complexity index is 1860. The normalized spacial score (nSPS) is 11.7. The maximum Gasteiger partial charge on any atom is 0.255 e. The van der Waals surface area contributed by atoms with Gasteiger partial charge in [0.15, 0.2) is 0 Å². The second-order valence-corrected chi connectivity index (χ2v) is 11.0. The number of hydrogen-bond donors (Lipinski definition) is 1. The summed E-state index contributed by atoms with van der Waals surface area (Å²) in [6.07, 6.45) is 0. The van der Waals surface area contributed by atoms with Gasteiger partial charge in [-0.3, -0.25) is 9.59 Å². The van der Waals surface area contributed by atoms with Gasteiger partial charge in [-0.05, 0) is 41.0 Å². The van der Waals surface area contributed by atoms with Crippen LogP contribution in [0.15, 0.2) is 146 Å².